The molecule has 3 N–H and O–H groups in total. The van der Waals surface area contributed by atoms with Gasteiger partial charge in [0.15, 0.2) is 0 Å². The second-order valence-corrected chi connectivity index (χ2v) is 6.47. The minimum absolute atomic E-state index is 0.141. The van der Waals surface area contributed by atoms with E-state index in [1.165, 1.54) is 11.9 Å². The van der Waals surface area contributed by atoms with Gasteiger partial charge in [-0.05, 0) is 24.3 Å². The first-order valence-electron chi connectivity index (χ1n) is 8.52. The number of carbonyl (C=O) groups excluding carboxylic acids is 4. The second-order valence-electron chi connectivity index (χ2n) is 6.47. The van der Waals surface area contributed by atoms with Gasteiger partial charge in [-0.1, -0.05) is 0 Å². The third-order valence-corrected chi connectivity index (χ3v) is 4.68. The fourth-order valence-corrected chi connectivity index (χ4v) is 2.94. The largest absolute Gasteiger partial charge is 0.361 e. The van der Waals surface area contributed by atoms with Gasteiger partial charge in [0.05, 0.1) is 12.6 Å². The van der Waals surface area contributed by atoms with E-state index >= 15 is 0 Å². The average Bonchev–Trinajstić information content (AvgIpc) is 3.13. The quantitative estimate of drug-likeness (QED) is 0.701. The Morgan fingerprint density at radius 2 is 1.96 bits per heavy atom. The number of rotatable bonds is 5. The molecule has 0 radical (unpaired) electrons. The molecule has 9 heteroatoms. The van der Waals surface area contributed by atoms with Crippen molar-refractivity contribution in [3.63, 3.8) is 0 Å². The minimum atomic E-state index is -0.406. The molecule has 1 fully saturated rings. The number of H-pyrrole nitrogens is 1. The number of benzene rings is 1. The molecule has 2 heterocycles. The van der Waals surface area contributed by atoms with Crippen molar-refractivity contribution >= 4 is 34.7 Å². The van der Waals surface area contributed by atoms with E-state index in [-0.39, 0.29) is 31.3 Å². The summed E-state index contributed by atoms with van der Waals surface area (Å²) in [6, 6.07) is 6.27. The number of likely N-dealkylation sites (N-methyl/N-ethyl adjacent to an activating group) is 1. The zero-order valence-corrected chi connectivity index (χ0v) is 15.1. The Morgan fingerprint density at radius 3 is 2.74 bits per heavy atom. The molecule has 0 bridgehead atoms. The van der Waals surface area contributed by atoms with Gasteiger partial charge in [-0.15, -0.1) is 0 Å². The van der Waals surface area contributed by atoms with Crippen LogP contribution in [0.15, 0.2) is 30.5 Å². The third kappa shape index (κ3) is 3.91. The lowest BCUT2D eigenvalue weighted by atomic mass is 10.1. The van der Waals surface area contributed by atoms with Gasteiger partial charge in [0, 0.05) is 49.7 Å². The van der Waals surface area contributed by atoms with Crippen LogP contribution in [0, 0.1) is 0 Å². The first-order valence-corrected chi connectivity index (χ1v) is 8.52. The lowest BCUT2D eigenvalue weighted by Crippen LogP contribution is -2.57. The van der Waals surface area contributed by atoms with Crippen LogP contribution in [0.1, 0.15) is 16.8 Å². The van der Waals surface area contributed by atoms with Crippen LogP contribution in [0.2, 0.25) is 0 Å². The summed E-state index contributed by atoms with van der Waals surface area (Å²) in [5.41, 5.74) is 1.39. The van der Waals surface area contributed by atoms with E-state index in [0.29, 0.717) is 5.56 Å². The summed E-state index contributed by atoms with van der Waals surface area (Å²) in [4.78, 5) is 53.4. The summed E-state index contributed by atoms with van der Waals surface area (Å²) in [5.74, 6) is -1.03. The van der Waals surface area contributed by atoms with Crippen molar-refractivity contribution in [2.24, 2.45) is 0 Å². The van der Waals surface area contributed by atoms with Gasteiger partial charge in [-0.2, -0.15) is 0 Å². The topological polar surface area (TPSA) is 115 Å². The summed E-state index contributed by atoms with van der Waals surface area (Å²) < 4.78 is 0. The zero-order valence-electron chi connectivity index (χ0n) is 15.1. The number of nitrogens with one attached hydrogen (secondary N) is 3. The minimum Gasteiger partial charge on any atom is -0.361 e. The number of amides is 5. The van der Waals surface area contributed by atoms with Crippen LogP contribution in [0.3, 0.4) is 0 Å². The van der Waals surface area contributed by atoms with Crippen molar-refractivity contribution in [2.45, 2.75) is 12.5 Å². The van der Waals surface area contributed by atoms with Gasteiger partial charge in [0.25, 0.3) is 5.91 Å². The molecule has 5 amide bonds. The molecule has 3 rings (SSSR count). The molecule has 0 aliphatic carbocycles. The maximum Gasteiger partial charge on any atom is 0.326 e. The van der Waals surface area contributed by atoms with Crippen LogP contribution in [0.4, 0.5) is 4.79 Å². The molecule has 142 valence electrons. The molecule has 1 saturated heterocycles. The van der Waals surface area contributed by atoms with Crippen molar-refractivity contribution in [3.8, 4) is 0 Å². The number of hydrogen-bond donors (Lipinski definition) is 3. The Balaban J connectivity index is 1.48. The molecule has 27 heavy (non-hydrogen) atoms. The second kappa shape index (κ2) is 7.48. The molecule has 0 spiro atoms. The number of aromatic amines is 1. The monoisotopic (exact) mass is 371 g/mol. The summed E-state index contributed by atoms with van der Waals surface area (Å²) in [6.45, 7) is -0.0475. The van der Waals surface area contributed by atoms with E-state index in [1.54, 1.807) is 31.4 Å². The molecule has 1 atom stereocenters. The third-order valence-electron chi connectivity index (χ3n) is 4.68. The maximum atomic E-state index is 12.2. The summed E-state index contributed by atoms with van der Waals surface area (Å²) in [5, 5.41) is 6.12. The normalized spacial score (nSPS) is 17.3. The van der Waals surface area contributed by atoms with Crippen molar-refractivity contribution in [2.75, 3.05) is 27.2 Å². The Labute approximate surface area is 155 Å². The van der Waals surface area contributed by atoms with Crippen LogP contribution in [0.25, 0.3) is 10.9 Å². The van der Waals surface area contributed by atoms with Gasteiger partial charge in [-0.3, -0.25) is 19.3 Å². The molecule has 1 aliphatic heterocycles. The first kappa shape index (κ1) is 18.4. The predicted octanol–water partition coefficient (Wildman–Crippen LogP) is 0.296. The van der Waals surface area contributed by atoms with E-state index in [4.69, 9.17) is 0 Å². The summed E-state index contributed by atoms with van der Waals surface area (Å²) in [6.07, 6.45) is 1.93. The molecule has 1 aliphatic rings. The van der Waals surface area contributed by atoms with Gasteiger partial charge in [0.1, 0.15) is 0 Å². The van der Waals surface area contributed by atoms with Crippen LogP contribution < -0.4 is 10.6 Å². The maximum absolute atomic E-state index is 12.2. The van der Waals surface area contributed by atoms with Gasteiger partial charge in [-0.25, -0.2) is 4.79 Å². The first-order chi connectivity index (χ1) is 12.9. The standard InChI is InChI=1S/C18H21N5O4/c1-22-13(8-16(25)23(2)18(22)27)9-20-15(24)10-21-17(26)12-3-4-14-11(7-12)5-6-19-14/h3-7,13,19H,8-10H2,1-2H3,(H,20,24)(H,21,26). The highest BCUT2D eigenvalue weighted by atomic mass is 16.2. The molecule has 1 aromatic carbocycles. The predicted molar refractivity (Wildman–Crippen MR) is 98.0 cm³/mol. The number of nitrogens with zero attached hydrogens (tertiary/aromatic N) is 2. The van der Waals surface area contributed by atoms with Crippen molar-refractivity contribution in [1.29, 1.82) is 0 Å². The van der Waals surface area contributed by atoms with Crippen molar-refractivity contribution in [3.05, 3.63) is 36.0 Å². The van der Waals surface area contributed by atoms with Crippen LogP contribution in [0.5, 0.6) is 0 Å². The highest BCUT2D eigenvalue weighted by molar-refractivity contribution is 5.99. The van der Waals surface area contributed by atoms with Crippen molar-refractivity contribution < 1.29 is 19.2 Å². The summed E-state index contributed by atoms with van der Waals surface area (Å²) in [7, 11) is 3.01. The molecule has 0 saturated carbocycles. The van der Waals surface area contributed by atoms with Crippen LogP contribution in [-0.2, 0) is 9.59 Å². The van der Waals surface area contributed by atoms with Crippen LogP contribution in [-0.4, -0.2) is 71.8 Å². The highest BCUT2D eigenvalue weighted by Crippen LogP contribution is 2.14. The van der Waals surface area contributed by atoms with E-state index < -0.39 is 18.0 Å². The number of carbonyl (C=O) groups is 4. The lowest BCUT2D eigenvalue weighted by Gasteiger charge is -2.36. The number of imide groups is 1. The Bertz CT molecular complexity index is 906. The Hall–Kier alpha value is -3.36. The average molecular weight is 371 g/mol. The Kier molecular flexibility index (Phi) is 5.11. The molecular weight excluding hydrogens is 350 g/mol. The van der Waals surface area contributed by atoms with E-state index in [2.05, 4.69) is 15.6 Å². The number of fused-ring (bicyclic) bond motifs is 1. The molecule has 1 unspecified atom stereocenters. The molecule has 1 aromatic heterocycles. The lowest BCUT2D eigenvalue weighted by molar-refractivity contribution is -0.131. The van der Waals surface area contributed by atoms with E-state index in [9.17, 15) is 19.2 Å². The number of aromatic nitrogens is 1. The van der Waals surface area contributed by atoms with E-state index in [1.807, 2.05) is 6.07 Å². The fourth-order valence-electron chi connectivity index (χ4n) is 2.94. The molecule has 2 aromatic rings. The zero-order chi connectivity index (χ0) is 19.6. The smallest absolute Gasteiger partial charge is 0.326 e. The van der Waals surface area contributed by atoms with Gasteiger partial charge in [0.2, 0.25) is 11.8 Å². The summed E-state index contributed by atoms with van der Waals surface area (Å²) >= 11 is 0. The number of urea groups is 1. The van der Waals surface area contributed by atoms with E-state index in [0.717, 1.165) is 15.8 Å². The van der Waals surface area contributed by atoms with Gasteiger partial charge >= 0.3 is 6.03 Å². The van der Waals surface area contributed by atoms with Crippen molar-refractivity contribution in [1.82, 2.24) is 25.4 Å². The highest BCUT2D eigenvalue weighted by Gasteiger charge is 2.34. The SMILES string of the molecule is CN1C(=O)CC(CNC(=O)CNC(=O)c2ccc3[nH]ccc3c2)N(C)C1=O. The molecule has 9 nitrogen and oxygen atoms in total. The van der Waals surface area contributed by atoms with Crippen LogP contribution >= 0.6 is 0 Å². The number of hydrogen-bond acceptors (Lipinski definition) is 4. The fraction of sp³-hybridized carbons (Fsp3) is 0.333. The van der Waals surface area contributed by atoms with Gasteiger partial charge < -0.3 is 20.5 Å². The molecular formula is C18H21N5O4. The Morgan fingerprint density at radius 1 is 1.19 bits per heavy atom.